The number of aromatic nitrogens is 2. The fourth-order valence-corrected chi connectivity index (χ4v) is 1.71. The summed E-state index contributed by atoms with van der Waals surface area (Å²) < 4.78 is 9.86. The Morgan fingerprint density at radius 2 is 2.35 bits per heavy atom. The van der Waals surface area contributed by atoms with Crippen LogP contribution in [0.15, 0.2) is 4.52 Å². The smallest absolute Gasteiger partial charge is 0.320 e. The van der Waals surface area contributed by atoms with Gasteiger partial charge in [-0.25, -0.2) is 0 Å². The highest BCUT2D eigenvalue weighted by atomic mass is 16.5. The zero-order valence-electron chi connectivity index (χ0n) is 10.2. The van der Waals surface area contributed by atoms with Gasteiger partial charge in [0.15, 0.2) is 5.82 Å². The van der Waals surface area contributed by atoms with Crippen LogP contribution in [0.3, 0.4) is 0 Å². The standard InChI is InChI=1S/C11H17N3O3/c1-3-16-11(15)7-14(9-4-5-9)6-10-12-8(2)17-13-10/h9H,3-7H2,1-2H3. The second-order valence-corrected chi connectivity index (χ2v) is 4.17. The summed E-state index contributed by atoms with van der Waals surface area (Å²) in [4.78, 5) is 17.6. The van der Waals surface area contributed by atoms with Crippen LogP contribution in [0.1, 0.15) is 31.5 Å². The molecule has 1 aromatic rings. The van der Waals surface area contributed by atoms with Crippen molar-refractivity contribution in [2.45, 2.75) is 39.3 Å². The third kappa shape index (κ3) is 3.52. The first-order valence-corrected chi connectivity index (χ1v) is 5.88. The van der Waals surface area contributed by atoms with Crippen LogP contribution in [-0.2, 0) is 16.1 Å². The minimum Gasteiger partial charge on any atom is -0.465 e. The van der Waals surface area contributed by atoms with E-state index in [0.29, 0.717) is 37.5 Å². The van der Waals surface area contributed by atoms with Gasteiger partial charge in [-0.2, -0.15) is 4.98 Å². The lowest BCUT2D eigenvalue weighted by molar-refractivity contribution is -0.144. The molecule has 0 radical (unpaired) electrons. The Hall–Kier alpha value is -1.43. The summed E-state index contributed by atoms with van der Waals surface area (Å²) in [5.74, 6) is 0.977. The number of hydrogen-bond donors (Lipinski definition) is 0. The van der Waals surface area contributed by atoms with Crippen LogP contribution in [0.4, 0.5) is 0 Å². The van der Waals surface area contributed by atoms with Gasteiger partial charge in [0.05, 0.1) is 19.7 Å². The molecule has 94 valence electrons. The van der Waals surface area contributed by atoms with Gasteiger partial charge in [-0.05, 0) is 19.8 Å². The summed E-state index contributed by atoms with van der Waals surface area (Å²) in [7, 11) is 0. The molecule has 2 rings (SSSR count). The molecular weight excluding hydrogens is 222 g/mol. The van der Waals surface area contributed by atoms with Crippen LogP contribution in [-0.4, -0.2) is 40.2 Å². The Morgan fingerprint density at radius 1 is 1.59 bits per heavy atom. The Kier molecular flexibility index (Phi) is 3.73. The molecule has 6 heteroatoms. The fraction of sp³-hybridized carbons (Fsp3) is 0.727. The fourth-order valence-electron chi connectivity index (χ4n) is 1.71. The number of carbonyl (C=O) groups excluding carboxylic acids is 1. The maximum atomic E-state index is 11.5. The minimum atomic E-state index is -0.195. The van der Waals surface area contributed by atoms with E-state index >= 15 is 0 Å². The summed E-state index contributed by atoms with van der Waals surface area (Å²) in [6, 6.07) is 0.457. The molecule has 6 nitrogen and oxygen atoms in total. The van der Waals surface area contributed by atoms with Gasteiger partial charge in [-0.1, -0.05) is 5.16 Å². The van der Waals surface area contributed by atoms with Crippen molar-refractivity contribution in [3.8, 4) is 0 Å². The highest BCUT2D eigenvalue weighted by Crippen LogP contribution is 2.27. The Balaban J connectivity index is 1.91. The molecule has 1 heterocycles. The van der Waals surface area contributed by atoms with Gasteiger partial charge in [0.2, 0.25) is 5.89 Å². The van der Waals surface area contributed by atoms with Crippen molar-refractivity contribution in [3.63, 3.8) is 0 Å². The molecule has 1 fully saturated rings. The van der Waals surface area contributed by atoms with Crippen LogP contribution in [0.25, 0.3) is 0 Å². The van der Waals surface area contributed by atoms with Crippen molar-refractivity contribution < 1.29 is 14.1 Å². The van der Waals surface area contributed by atoms with Crippen molar-refractivity contribution in [2.75, 3.05) is 13.2 Å². The second kappa shape index (κ2) is 5.27. The topological polar surface area (TPSA) is 68.5 Å². The van der Waals surface area contributed by atoms with E-state index < -0.39 is 0 Å². The number of esters is 1. The van der Waals surface area contributed by atoms with E-state index in [1.54, 1.807) is 6.92 Å². The maximum Gasteiger partial charge on any atom is 0.320 e. The first-order chi connectivity index (χ1) is 8.19. The van der Waals surface area contributed by atoms with Crippen LogP contribution >= 0.6 is 0 Å². The van der Waals surface area contributed by atoms with Crippen molar-refractivity contribution >= 4 is 5.97 Å². The van der Waals surface area contributed by atoms with Gasteiger partial charge < -0.3 is 9.26 Å². The zero-order valence-corrected chi connectivity index (χ0v) is 10.2. The Labute approximate surface area is 99.9 Å². The largest absolute Gasteiger partial charge is 0.465 e. The molecule has 0 atom stereocenters. The van der Waals surface area contributed by atoms with Gasteiger partial charge in [0.1, 0.15) is 0 Å². The molecule has 0 saturated heterocycles. The number of nitrogens with zero attached hydrogens (tertiary/aromatic N) is 3. The highest BCUT2D eigenvalue weighted by Gasteiger charge is 2.31. The van der Waals surface area contributed by atoms with Gasteiger partial charge >= 0.3 is 5.97 Å². The normalized spacial score (nSPS) is 15.2. The quantitative estimate of drug-likeness (QED) is 0.687. The molecule has 0 amide bonds. The average molecular weight is 239 g/mol. The van der Waals surface area contributed by atoms with Crippen molar-refractivity contribution in [3.05, 3.63) is 11.7 Å². The Morgan fingerprint density at radius 3 is 2.88 bits per heavy atom. The molecule has 0 spiro atoms. The van der Waals surface area contributed by atoms with Gasteiger partial charge in [-0.15, -0.1) is 0 Å². The Bertz CT molecular complexity index is 387. The summed E-state index contributed by atoms with van der Waals surface area (Å²) >= 11 is 0. The van der Waals surface area contributed by atoms with E-state index in [1.165, 1.54) is 0 Å². The first-order valence-electron chi connectivity index (χ1n) is 5.88. The molecule has 0 unspecified atom stereocenters. The molecule has 0 bridgehead atoms. The monoisotopic (exact) mass is 239 g/mol. The van der Waals surface area contributed by atoms with E-state index in [4.69, 9.17) is 9.26 Å². The summed E-state index contributed by atoms with van der Waals surface area (Å²) in [5.41, 5.74) is 0. The molecule has 17 heavy (non-hydrogen) atoms. The third-order valence-corrected chi connectivity index (χ3v) is 2.61. The average Bonchev–Trinajstić information content (AvgIpc) is 3.03. The molecule has 1 aromatic heterocycles. The molecular formula is C11H17N3O3. The SMILES string of the molecule is CCOC(=O)CN(Cc1noc(C)n1)C1CC1. The summed E-state index contributed by atoms with van der Waals surface area (Å²) in [6.45, 7) is 4.82. The summed E-state index contributed by atoms with van der Waals surface area (Å²) in [6.07, 6.45) is 2.24. The highest BCUT2D eigenvalue weighted by molar-refractivity contribution is 5.71. The van der Waals surface area contributed by atoms with Gasteiger partial charge in [-0.3, -0.25) is 9.69 Å². The molecule has 1 aliphatic carbocycles. The minimum absolute atomic E-state index is 0.195. The van der Waals surface area contributed by atoms with Gasteiger partial charge in [0, 0.05) is 13.0 Å². The number of aryl methyl sites for hydroxylation is 1. The maximum absolute atomic E-state index is 11.5. The second-order valence-electron chi connectivity index (χ2n) is 4.17. The molecule has 1 aliphatic rings. The number of carbonyl (C=O) groups is 1. The lowest BCUT2D eigenvalue weighted by Gasteiger charge is -2.18. The predicted molar refractivity (Wildman–Crippen MR) is 59.1 cm³/mol. The first kappa shape index (κ1) is 12.0. The van der Waals surface area contributed by atoms with Gasteiger partial charge in [0.25, 0.3) is 0 Å². The number of hydrogen-bond acceptors (Lipinski definition) is 6. The molecule has 0 aliphatic heterocycles. The van der Waals surface area contributed by atoms with E-state index in [9.17, 15) is 4.79 Å². The van der Waals surface area contributed by atoms with Crippen LogP contribution in [0.5, 0.6) is 0 Å². The predicted octanol–water partition coefficient (Wildman–Crippen LogP) is 0.906. The molecule has 0 N–H and O–H groups in total. The van der Waals surface area contributed by atoms with E-state index in [2.05, 4.69) is 10.1 Å². The lowest BCUT2D eigenvalue weighted by Crippen LogP contribution is -2.32. The number of ether oxygens (including phenoxy) is 1. The zero-order chi connectivity index (χ0) is 12.3. The lowest BCUT2D eigenvalue weighted by atomic mass is 10.4. The third-order valence-electron chi connectivity index (χ3n) is 2.61. The van der Waals surface area contributed by atoms with Crippen LogP contribution in [0, 0.1) is 6.92 Å². The van der Waals surface area contributed by atoms with E-state index in [1.807, 2.05) is 11.8 Å². The molecule has 1 saturated carbocycles. The summed E-state index contributed by atoms with van der Waals surface area (Å²) in [5, 5.41) is 3.84. The number of rotatable bonds is 6. The van der Waals surface area contributed by atoms with E-state index in [-0.39, 0.29) is 5.97 Å². The van der Waals surface area contributed by atoms with E-state index in [0.717, 1.165) is 12.8 Å². The van der Waals surface area contributed by atoms with Crippen molar-refractivity contribution in [2.24, 2.45) is 0 Å². The molecule has 0 aromatic carbocycles. The van der Waals surface area contributed by atoms with Crippen molar-refractivity contribution in [1.82, 2.24) is 15.0 Å². The van der Waals surface area contributed by atoms with Crippen LogP contribution < -0.4 is 0 Å². The van der Waals surface area contributed by atoms with Crippen molar-refractivity contribution in [1.29, 1.82) is 0 Å². The van der Waals surface area contributed by atoms with Crippen LogP contribution in [0.2, 0.25) is 0 Å².